The third-order valence-electron chi connectivity index (χ3n) is 2.21. The van der Waals surface area contributed by atoms with Crippen LogP contribution in [0.15, 0.2) is 29.3 Å². The Morgan fingerprint density at radius 3 is 2.50 bits per heavy atom. The van der Waals surface area contributed by atoms with Gasteiger partial charge in [0.05, 0.1) is 0 Å². The zero-order chi connectivity index (χ0) is 15.4. The maximum atomic E-state index is 12.1. The Morgan fingerprint density at radius 1 is 1.30 bits per heavy atom. The van der Waals surface area contributed by atoms with Crippen LogP contribution in [0.3, 0.4) is 0 Å². The summed E-state index contributed by atoms with van der Waals surface area (Å²) in [5.41, 5.74) is 0.456. The maximum Gasteiger partial charge on any atom is 0.573 e. The van der Waals surface area contributed by atoms with Crippen LogP contribution in [0.5, 0.6) is 5.75 Å². The van der Waals surface area contributed by atoms with E-state index in [1.54, 1.807) is 6.07 Å². The molecular formula is C13H16F3NO2S. The topological polar surface area (TPSA) is 44.7 Å². The van der Waals surface area contributed by atoms with Gasteiger partial charge in [0.25, 0.3) is 0 Å². The number of aliphatic imine (C=N–C) groups is 1. The molecule has 0 saturated heterocycles. The molecule has 1 rings (SSSR count). The third kappa shape index (κ3) is 6.29. The van der Waals surface area contributed by atoms with E-state index >= 15 is 0 Å². The van der Waals surface area contributed by atoms with Crippen LogP contribution in [0.4, 0.5) is 13.2 Å². The highest BCUT2D eigenvalue weighted by Crippen LogP contribution is 2.23. The van der Waals surface area contributed by atoms with Crippen molar-refractivity contribution in [1.82, 2.24) is 0 Å². The summed E-state index contributed by atoms with van der Waals surface area (Å²) in [6.07, 6.45) is -3.34. The van der Waals surface area contributed by atoms with Gasteiger partial charge < -0.3 is 9.29 Å². The molecule has 1 aromatic rings. The number of alkyl halides is 3. The molecule has 0 saturated carbocycles. The molecule has 0 aliphatic heterocycles. The normalized spacial score (nSPS) is 14.6. The molecule has 112 valence electrons. The molecule has 0 fully saturated rings. The van der Waals surface area contributed by atoms with Crippen LogP contribution >= 0.6 is 0 Å². The molecule has 0 amide bonds. The molecule has 0 aliphatic carbocycles. The number of ether oxygens (including phenoxy) is 1. The van der Waals surface area contributed by atoms with Gasteiger partial charge in [-0.3, -0.25) is 0 Å². The molecule has 3 nitrogen and oxygen atoms in total. The average molecular weight is 307 g/mol. The summed E-state index contributed by atoms with van der Waals surface area (Å²) in [5, 5.41) is 0. The Bertz CT molecular complexity index is 469. The summed E-state index contributed by atoms with van der Waals surface area (Å²) in [7, 11) is 0. The summed E-state index contributed by atoms with van der Waals surface area (Å²) in [5.74, 6) is -0.202. The molecule has 0 spiro atoms. The molecule has 1 unspecified atom stereocenters. The third-order valence-corrected chi connectivity index (χ3v) is 3.96. The molecule has 0 heterocycles. The van der Waals surface area contributed by atoms with E-state index in [0.717, 1.165) is 0 Å². The van der Waals surface area contributed by atoms with Gasteiger partial charge in [-0.1, -0.05) is 12.1 Å². The number of nitrogens with zero attached hydrogens (tertiary/aromatic N) is 1. The molecule has 0 N–H and O–H groups in total. The zero-order valence-corrected chi connectivity index (χ0v) is 12.2. The van der Waals surface area contributed by atoms with Crippen LogP contribution in [0.2, 0.25) is 0 Å². The smallest absolute Gasteiger partial charge is 0.573 e. The summed E-state index contributed by atoms with van der Waals surface area (Å²) in [4.78, 5) is 3.98. The first kappa shape index (κ1) is 16.8. The van der Waals surface area contributed by atoms with Crippen LogP contribution in [0, 0.1) is 0 Å². The van der Waals surface area contributed by atoms with Gasteiger partial charge in [0, 0.05) is 6.21 Å². The predicted molar refractivity (Wildman–Crippen MR) is 73.5 cm³/mol. The van der Waals surface area contributed by atoms with E-state index < -0.39 is 17.5 Å². The maximum absolute atomic E-state index is 12.1. The van der Waals surface area contributed by atoms with Crippen molar-refractivity contribution in [3.05, 3.63) is 29.8 Å². The van der Waals surface area contributed by atoms with Crippen molar-refractivity contribution in [3.63, 3.8) is 0 Å². The van der Waals surface area contributed by atoms with Gasteiger partial charge >= 0.3 is 6.36 Å². The van der Waals surface area contributed by atoms with E-state index in [1.807, 2.05) is 20.8 Å². The van der Waals surface area contributed by atoms with Crippen LogP contribution in [-0.4, -0.2) is 27.8 Å². The SMILES string of the molecule is CC(C)(C)[S+]([O-])C/N=C/c1cccc(OC(F)(F)F)c1. The number of benzene rings is 1. The Morgan fingerprint density at radius 2 is 1.95 bits per heavy atom. The standard InChI is InChI=1S/C13H16F3NO2S/c1-12(2,3)20(18)9-17-8-10-5-4-6-11(7-10)19-13(14,15)16/h4-8H,9H2,1-3H3/b17-8+. The van der Waals surface area contributed by atoms with Gasteiger partial charge in [0.15, 0.2) is 5.88 Å². The number of hydrogen-bond acceptors (Lipinski definition) is 3. The lowest BCUT2D eigenvalue weighted by Crippen LogP contribution is -2.29. The van der Waals surface area contributed by atoms with E-state index in [9.17, 15) is 17.7 Å². The van der Waals surface area contributed by atoms with Gasteiger partial charge in [0.2, 0.25) is 0 Å². The van der Waals surface area contributed by atoms with Crippen LogP contribution in [-0.2, 0) is 11.2 Å². The predicted octanol–water partition coefficient (Wildman–Crippen LogP) is 3.51. The highest BCUT2D eigenvalue weighted by Gasteiger charge is 2.31. The van der Waals surface area contributed by atoms with E-state index in [-0.39, 0.29) is 16.4 Å². The van der Waals surface area contributed by atoms with Crippen molar-refractivity contribution in [2.75, 3.05) is 5.88 Å². The quantitative estimate of drug-likeness (QED) is 0.631. The zero-order valence-electron chi connectivity index (χ0n) is 11.4. The Labute approximate surface area is 119 Å². The molecular weight excluding hydrogens is 291 g/mol. The molecule has 1 aromatic carbocycles. The van der Waals surface area contributed by atoms with Crippen LogP contribution in [0.1, 0.15) is 26.3 Å². The highest BCUT2D eigenvalue weighted by atomic mass is 32.2. The van der Waals surface area contributed by atoms with E-state index in [1.165, 1.54) is 24.4 Å². The fourth-order valence-corrected chi connectivity index (χ4v) is 1.79. The highest BCUT2D eigenvalue weighted by molar-refractivity contribution is 7.92. The summed E-state index contributed by atoms with van der Waals surface area (Å²) < 4.78 is 51.4. The monoisotopic (exact) mass is 307 g/mol. The van der Waals surface area contributed by atoms with Gasteiger partial charge in [-0.2, -0.15) is 0 Å². The first-order valence-electron chi connectivity index (χ1n) is 5.82. The van der Waals surface area contributed by atoms with E-state index in [4.69, 9.17) is 0 Å². The lowest BCUT2D eigenvalue weighted by Gasteiger charge is -2.22. The van der Waals surface area contributed by atoms with Gasteiger partial charge in [0.1, 0.15) is 10.5 Å². The van der Waals surface area contributed by atoms with Crippen molar-refractivity contribution in [2.24, 2.45) is 4.99 Å². The van der Waals surface area contributed by atoms with Crippen LogP contribution in [0.25, 0.3) is 0 Å². The second kappa shape index (κ2) is 6.49. The van der Waals surface area contributed by atoms with Gasteiger partial charge in [-0.15, -0.1) is 13.2 Å². The van der Waals surface area contributed by atoms with Crippen molar-refractivity contribution in [1.29, 1.82) is 0 Å². The molecule has 1 atom stereocenters. The minimum atomic E-state index is -4.72. The second-order valence-electron chi connectivity index (χ2n) is 5.02. The van der Waals surface area contributed by atoms with Gasteiger partial charge in [-0.25, -0.2) is 4.99 Å². The molecule has 20 heavy (non-hydrogen) atoms. The number of rotatable bonds is 4. The van der Waals surface area contributed by atoms with Crippen molar-refractivity contribution in [2.45, 2.75) is 31.9 Å². The first-order chi connectivity index (χ1) is 9.08. The largest absolute Gasteiger partial charge is 0.614 e. The number of hydrogen-bond donors (Lipinski definition) is 0. The van der Waals surface area contributed by atoms with E-state index in [2.05, 4.69) is 9.73 Å². The van der Waals surface area contributed by atoms with Crippen LogP contribution < -0.4 is 4.74 Å². The number of halogens is 3. The Kier molecular flexibility index (Phi) is 5.47. The Balaban J connectivity index is 2.67. The first-order valence-corrected chi connectivity index (χ1v) is 7.14. The van der Waals surface area contributed by atoms with E-state index in [0.29, 0.717) is 5.56 Å². The fourth-order valence-electron chi connectivity index (χ4n) is 1.20. The molecule has 0 aromatic heterocycles. The molecule has 0 bridgehead atoms. The lowest BCUT2D eigenvalue weighted by molar-refractivity contribution is -0.274. The minimum absolute atomic E-state index is 0.105. The molecule has 0 aliphatic rings. The lowest BCUT2D eigenvalue weighted by atomic mass is 10.2. The Hall–Kier alpha value is -1.21. The van der Waals surface area contributed by atoms with Crippen molar-refractivity contribution in [3.8, 4) is 5.75 Å². The summed E-state index contributed by atoms with van der Waals surface area (Å²) in [6.45, 7) is 5.49. The van der Waals surface area contributed by atoms with Crippen molar-refractivity contribution < 1.29 is 22.5 Å². The van der Waals surface area contributed by atoms with Gasteiger partial charge in [-0.05, 0) is 49.6 Å². The molecule has 7 heteroatoms. The summed E-state index contributed by atoms with van der Waals surface area (Å²) in [6, 6.07) is 5.45. The van der Waals surface area contributed by atoms with Crippen molar-refractivity contribution >= 4 is 17.4 Å². The summed E-state index contributed by atoms with van der Waals surface area (Å²) >= 11 is -1.14. The molecule has 0 radical (unpaired) electrons. The average Bonchev–Trinajstić information content (AvgIpc) is 2.25. The fraction of sp³-hybridized carbons (Fsp3) is 0.462. The minimum Gasteiger partial charge on any atom is -0.614 e. The second-order valence-corrected chi connectivity index (χ2v) is 7.19.